The van der Waals surface area contributed by atoms with E-state index in [9.17, 15) is 4.79 Å². The highest BCUT2D eigenvalue weighted by atomic mass is 127. The second kappa shape index (κ2) is 13.2. The molecule has 0 bridgehead atoms. The Hall–Kier alpha value is -1.06. The van der Waals surface area contributed by atoms with Gasteiger partial charge in [-0.25, -0.2) is 0 Å². The normalized spacial score (nSPS) is 15.2. The number of rotatable bonds is 10. The smallest absolute Gasteiger partial charge is 0.224 e. The van der Waals surface area contributed by atoms with Crippen molar-refractivity contribution in [2.24, 2.45) is 10.4 Å². The third kappa shape index (κ3) is 8.53. The monoisotopic (exact) mass is 522 g/mol. The number of halogens is 2. The van der Waals surface area contributed by atoms with Crippen LogP contribution in [0.1, 0.15) is 38.5 Å². The fourth-order valence-corrected chi connectivity index (χ4v) is 3.34. The largest absolute Gasteiger partial charge is 0.385 e. The third-order valence-corrected chi connectivity index (χ3v) is 5.36. The molecule has 3 N–H and O–H groups in total. The third-order valence-electron chi connectivity index (χ3n) is 5.11. The molecule has 158 valence electrons. The van der Waals surface area contributed by atoms with Crippen molar-refractivity contribution in [2.45, 2.75) is 38.5 Å². The first kappa shape index (κ1) is 25.0. The molecular weight excluding hydrogens is 491 g/mol. The van der Waals surface area contributed by atoms with Gasteiger partial charge in [0.2, 0.25) is 5.91 Å². The molecule has 8 heteroatoms. The van der Waals surface area contributed by atoms with Gasteiger partial charge in [0.25, 0.3) is 0 Å². The van der Waals surface area contributed by atoms with Gasteiger partial charge < -0.3 is 20.7 Å². The van der Waals surface area contributed by atoms with Crippen molar-refractivity contribution in [2.75, 3.05) is 39.2 Å². The summed E-state index contributed by atoms with van der Waals surface area (Å²) in [5, 5.41) is 10.2. The first-order chi connectivity index (χ1) is 13.1. The van der Waals surface area contributed by atoms with Crippen LogP contribution in [0, 0.1) is 5.41 Å². The quantitative estimate of drug-likeness (QED) is 0.188. The number of carbonyl (C=O) groups excluding carboxylic acids is 1. The molecule has 0 atom stereocenters. The van der Waals surface area contributed by atoms with Crippen LogP contribution in [0.5, 0.6) is 0 Å². The zero-order chi connectivity index (χ0) is 19.5. The Bertz CT molecular complexity index is 621. The minimum absolute atomic E-state index is 0. The summed E-state index contributed by atoms with van der Waals surface area (Å²) < 4.78 is 5.24. The number of nitrogens with zero attached hydrogens (tertiary/aromatic N) is 1. The summed E-state index contributed by atoms with van der Waals surface area (Å²) in [6, 6.07) is 7.11. The van der Waals surface area contributed by atoms with Crippen LogP contribution >= 0.6 is 35.6 Å². The molecule has 1 aliphatic carbocycles. The van der Waals surface area contributed by atoms with Crippen molar-refractivity contribution >= 4 is 53.1 Å². The van der Waals surface area contributed by atoms with Crippen molar-refractivity contribution in [3.63, 3.8) is 0 Å². The maximum Gasteiger partial charge on any atom is 0.224 e. The van der Waals surface area contributed by atoms with E-state index in [4.69, 9.17) is 16.3 Å². The predicted octanol–water partition coefficient (Wildman–Crippen LogP) is 4.05. The average Bonchev–Trinajstić information content (AvgIpc) is 2.64. The maximum absolute atomic E-state index is 12.0. The summed E-state index contributed by atoms with van der Waals surface area (Å²) >= 11 is 5.84. The van der Waals surface area contributed by atoms with Gasteiger partial charge in [0.05, 0.1) is 0 Å². The van der Waals surface area contributed by atoms with Gasteiger partial charge in [0.15, 0.2) is 5.96 Å². The molecule has 0 unspecified atom stereocenters. The van der Waals surface area contributed by atoms with Crippen LogP contribution in [0.25, 0.3) is 0 Å². The molecule has 0 aliphatic heterocycles. The van der Waals surface area contributed by atoms with E-state index in [1.807, 2.05) is 0 Å². The molecule has 0 heterocycles. The van der Waals surface area contributed by atoms with Gasteiger partial charge >= 0.3 is 0 Å². The number of aliphatic imine (C=N–C) groups is 1. The lowest BCUT2D eigenvalue weighted by Crippen LogP contribution is -2.47. The number of guanidine groups is 1. The van der Waals surface area contributed by atoms with Gasteiger partial charge in [-0.1, -0.05) is 18.0 Å². The number of anilines is 1. The Balaban J connectivity index is 0.00000392. The molecule has 0 radical (unpaired) electrons. The zero-order valence-corrected chi connectivity index (χ0v) is 19.8. The summed E-state index contributed by atoms with van der Waals surface area (Å²) in [6.45, 7) is 2.41. The first-order valence-electron chi connectivity index (χ1n) is 9.56. The van der Waals surface area contributed by atoms with Crippen molar-refractivity contribution in [3.05, 3.63) is 29.3 Å². The minimum Gasteiger partial charge on any atom is -0.385 e. The Labute approximate surface area is 190 Å². The lowest BCUT2D eigenvalue weighted by atomic mass is 9.67. The topological polar surface area (TPSA) is 74.8 Å². The van der Waals surface area contributed by atoms with Crippen LogP contribution in [0.15, 0.2) is 29.3 Å². The molecule has 1 fully saturated rings. The van der Waals surface area contributed by atoms with Crippen molar-refractivity contribution in [3.8, 4) is 0 Å². The predicted molar refractivity (Wildman–Crippen MR) is 127 cm³/mol. The molecule has 1 aliphatic rings. The van der Waals surface area contributed by atoms with Crippen molar-refractivity contribution < 1.29 is 9.53 Å². The molecule has 1 aromatic rings. The lowest BCUT2D eigenvalue weighted by molar-refractivity contribution is -0.116. The van der Waals surface area contributed by atoms with E-state index < -0.39 is 0 Å². The summed E-state index contributed by atoms with van der Waals surface area (Å²) in [5.41, 5.74) is 1.10. The van der Waals surface area contributed by atoms with Crippen molar-refractivity contribution in [1.82, 2.24) is 10.6 Å². The highest BCUT2D eigenvalue weighted by Gasteiger charge is 2.36. The summed E-state index contributed by atoms with van der Waals surface area (Å²) in [5.74, 6) is 0.784. The highest BCUT2D eigenvalue weighted by Crippen LogP contribution is 2.43. The van der Waals surface area contributed by atoms with Crippen LogP contribution in [-0.2, 0) is 9.53 Å². The number of hydrogen-bond acceptors (Lipinski definition) is 3. The minimum atomic E-state index is -0.00458. The van der Waals surface area contributed by atoms with Crippen LogP contribution in [0.4, 0.5) is 5.69 Å². The number of amides is 1. The van der Waals surface area contributed by atoms with Crippen LogP contribution < -0.4 is 16.0 Å². The number of carbonyl (C=O) groups is 1. The Morgan fingerprint density at radius 1 is 1.25 bits per heavy atom. The van der Waals surface area contributed by atoms with E-state index in [1.165, 1.54) is 19.3 Å². The number of hydrogen-bond donors (Lipinski definition) is 3. The van der Waals surface area contributed by atoms with Crippen LogP contribution in [0.3, 0.4) is 0 Å². The molecule has 1 amide bonds. The van der Waals surface area contributed by atoms with E-state index in [0.717, 1.165) is 37.6 Å². The van der Waals surface area contributed by atoms with E-state index in [-0.39, 0.29) is 29.9 Å². The Kier molecular flexibility index (Phi) is 11.8. The summed E-state index contributed by atoms with van der Waals surface area (Å²) in [7, 11) is 3.52. The first-order valence-corrected chi connectivity index (χ1v) is 9.94. The second-order valence-corrected chi connectivity index (χ2v) is 7.54. The molecule has 28 heavy (non-hydrogen) atoms. The maximum atomic E-state index is 12.0. The molecule has 6 nitrogen and oxygen atoms in total. The van der Waals surface area contributed by atoms with E-state index in [0.29, 0.717) is 23.4 Å². The van der Waals surface area contributed by atoms with Gasteiger partial charge in [-0.05, 0) is 55.4 Å². The van der Waals surface area contributed by atoms with Gasteiger partial charge in [-0.15, -0.1) is 24.0 Å². The van der Waals surface area contributed by atoms with Crippen LogP contribution in [0.2, 0.25) is 5.02 Å². The average molecular weight is 523 g/mol. The zero-order valence-electron chi connectivity index (χ0n) is 16.7. The molecule has 0 spiro atoms. The van der Waals surface area contributed by atoms with Crippen LogP contribution in [-0.4, -0.2) is 45.7 Å². The second-order valence-electron chi connectivity index (χ2n) is 7.11. The molecule has 2 rings (SSSR count). The summed E-state index contributed by atoms with van der Waals surface area (Å²) in [6.07, 6.45) is 6.04. The highest BCUT2D eigenvalue weighted by molar-refractivity contribution is 14.0. The fraction of sp³-hybridized carbons (Fsp3) is 0.600. The van der Waals surface area contributed by atoms with Gasteiger partial charge in [-0.3, -0.25) is 9.79 Å². The molecule has 0 saturated heterocycles. The lowest BCUT2D eigenvalue weighted by Gasteiger charge is -2.42. The van der Waals surface area contributed by atoms with E-state index >= 15 is 0 Å². The summed E-state index contributed by atoms with van der Waals surface area (Å²) in [4.78, 5) is 16.3. The van der Waals surface area contributed by atoms with Crippen molar-refractivity contribution in [1.29, 1.82) is 0 Å². The Morgan fingerprint density at radius 2 is 1.96 bits per heavy atom. The Morgan fingerprint density at radius 3 is 2.54 bits per heavy atom. The number of ether oxygens (including phenoxy) is 1. The van der Waals surface area contributed by atoms with Gasteiger partial charge in [-0.2, -0.15) is 0 Å². The number of benzene rings is 1. The number of nitrogens with one attached hydrogen (secondary N) is 3. The molecule has 0 aromatic heterocycles. The standard InChI is InChI=1S/C20H31ClN4O2.HI/c1-22-19(24-15-20(10-4-11-20)12-14-27-2)23-13-3-5-18(26)25-17-8-6-16(21)7-9-17;/h6-9H,3-5,10-15H2,1-2H3,(H,25,26)(H2,22,23,24);1H. The number of methoxy groups -OCH3 is 1. The van der Waals surface area contributed by atoms with Gasteiger partial charge in [0.1, 0.15) is 0 Å². The van der Waals surface area contributed by atoms with Gasteiger partial charge in [0, 0.05) is 51.0 Å². The molecule has 1 saturated carbocycles. The van der Waals surface area contributed by atoms with E-state index in [2.05, 4.69) is 20.9 Å². The van der Waals surface area contributed by atoms with E-state index in [1.54, 1.807) is 38.4 Å². The SMILES string of the molecule is CN=C(NCCCC(=O)Nc1ccc(Cl)cc1)NCC1(CCOC)CCC1.I. The molecular formula is C20H32ClIN4O2. The fourth-order valence-electron chi connectivity index (χ4n) is 3.21. The molecule has 1 aromatic carbocycles.